The molecule has 0 aromatic heterocycles. The molecule has 2 N–H and O–H groups in total. The third-order valence-electron chi connectivity index (χ3n) is 7.16. The van der Waals surface area contributed by atoms with E-state index in [0.29, 0.717) is 18.1 Å². The second kappa shape index (κ2) is 9.77. The molecule has 32 heavy (non-hydrogen) atoms. The first-order chi connectivity index (χ1) is 15.2. The van der Waals surface area contributed by atoms with Crippen LogP contribution in [-0.2, 0) is 6.11 Å². The van der Waals surface area contributed by atoms with Gasteiger partial charge in [-0.1, -0.05) is 34.7 Å². The maximum Gasteiger partial charge on any atom is 0.426 e. The van der Waals surface area contributed by atoms with Gasteiger partial charge in [-0.05, 0) is 86.8 Å². The van der Waals surface area contributed by atoms with Crippen molar-refractivity contribution in [2.24, 2.45) is 11.8 Å². The van der Waals surface area contributed by atoms with Crippen molar-refractivity contribution in [2.75, 3.05) is 5.73 Å². The van der Waals surface area contributed by atoms with Gasteiger partial charge < -0.3 is 10.5 Å². The summed E-state index contributed by atoms with van der Waals surface area (Å²) in [6.45, 7) is 0. The average molecular weight is 561 g/mol. The molecule has 2 aromatic carbocycles. The van der Waals surface area contributed by atoms with E-state index in [1.807, 2.05) is 0 Å². The van der Waals surface area contributed by atoms with E-state index in [1.54, 1.807) is 12.1 Å². The van der Waals surface area contributed by atoms with Gasteiger partial charge in [0.1, 0.15) is 11.4 Å². The van der Waals surface area contributed by atoms with Crippen LogP contribution in [0.1, 0.15) is 68.4 Å². The Morgan fingerprint density at radius 1 is 0.812 bits per heavy atom. The fourth-order valence-corrected chi connectivity index (χ4v) is 5.97. The number of hydrogen-bond acceptors (Lipinski definition) is 2. The summed E-state index contributed by atoms with van der Waals surface area (Å²) in [6, 6.07) is 7.45. The lowest BCUT2D eigenvalue weighted by molar-refractivity contribution is -0.185. The summed E-state index contributed by atoms with van der Waals surface area (Å²) in [4.78, 5) is 0. The lowest BCUT2D eigenvalue weighted by Gasteiger charge is -2.37. The third kappa shape index (κ3) is 5.34. The Bertz CT molecular complexity index is 897. The molecule has 0 spiro atoms. The minimum atomic E-state index is -3.72. The fraction of sp³-hybridized carbons (Fsp3) is 0.520. The fourth-order valence-electron chi connectivity index (χ4n) is 5.25. The lowest BCUT2D eigenvalue weighted by Crippen LogP contribution is -2.25. The summed E-state index contributed by atoms with van der Waals surface area (Å²) in [5, 5.41) is 0. The van der Waals surface area contributed by atoms with Gasteiger partial charge in [-0.3, -0.25) is 0 Å². The van der Waals surface area contributed by atoms with Crippen LogP contribution in [0.25, 0.3) is 0 Å². The van der Waals surface area contributed by atoms with Crippen molar-refractivity contribution in [1.82, 2.24) is 0 Å². The molecule has 2 saturated carbocycles. The molecule has 0 atom stereocenters. The molecule has 0 aliphatic heterocycles. The number of nitrogens with two attached hydrogens (primary N) is 1. The van der Waals surface area contributed by atoms with Crippen LogP contribution in [0.15, 0.2) is 36.4 Å². The zero-order chi connectivity index (χ0) is 22.9. The number of nitrogen functional groups attached to an aromatic ring is 1. The number of halogens is 5. The Morgan fingerprint density at radius 2 is 1.31 bits per heavy atom. The van der Waals surface area contributed by atoms with Crippen molar-refractivity contribution in [3.63, 3.8) is 0 Å². The molecular formula is C25H28F4INO. The maximum atomic E-state index is 14.6. The third-order valence-corrected chi connectivity index (χ3v) is 8.40. The van der Waals surface area contributed by atoms with Crippen LogP contribution in [0.3, 0.4) is 0 Å². The van der Waals surface area contributed by atoms with Crippen LogP contribution in [0.2, 0.25) is 0 Å². The Labute approximate surface area is 200 Å². The first kappa shape index (κ1) is 23.6. The zero-order valence-electron chi connectivity index (χ0n) is 17.8. The van der Waals surface area contributed by atoms with Crippen molar-refractivity contribution in [3.05, 3.63) is 59.2 Å². The van der Waals surface area contributed by atoms with Gasteiger partial charge in [-0.2, -0.15) is 8.78 Å². The minimum absolute atomic E-state index is 0.358. The number of hydrogen-bond donors (Lipinski definition) is 1. The van der Waals surface area contributed by atoms with Gasteiger partial charge in [-0.15, -0.1) is 0 Å². The molecule has 2 aromatic rings. The van der Waals surface area contributed by atoms with E-state index >= 15 is 0 Å². The van der Waals surface area contributed by atoms with E-state index < -0.39 is 29.2 Å². The largest absolute Gasteiger partial charge is 0.429 e. The average Bonchev–Trinajstić information content (AvgIpc) is 2.78. The van der Waals surface area contributed by atoms with Crippen molar-refractivity contribution >= 4 is 28.3 Å². The van der Waals surface area contributed by atoms with Gasteiger partial charge in [0.15, 0.2) is 11.6 Å². The van der Waals surface area contributed by atoms with Crippen LogP contribution in [0.4, 0.5) is 23.2 Å². The first-order valence-corrected chi connectivity index (χ1v) is 12.5. The highest BCUT2D eigenvalue weighted by Gasteiger charge is 2.36. The van der Waals surface area contributed by atoms with Crippen molar-refractivity contribution in [2.45, 2.75) is 67.3 Å². The SMILES string of the molecule is Nc1c(F)cc(OC(F)(F)c2ccc(C3CCC(C4CCC(I)CC4)CC3)cc2)cc1F. The molecule has 2 aliphatic rings. The molecule has 2 fully saturated rings. The topological polar surface area (TPSA) is 35.2 Å². The standard InChI is InChI=1S/C25H28F4INO/c26-22-13-21(14-23(27)24(22)31)32-25(28,29)19-9-5-17(6-10-19)15-1-3-16(4-2-15)18-7-11-20(30)12-8-18/h5-6,9-10,13-16,18,20H,1-4,7-8,11-12,31H2. The first-order valence-electron chi connectivity index (χ1n) is 11.3. The second-order valence-electron chi connectivity index (χ2n) is 9.17. The molecule has 0 radical (unpaired) electrons. The molecule has 174 valence electrons. The van der Waals surface area contributed by atoms with E-state index in [1.165, 1.54) is 50.7 Å². The molecule has 7 heteroatoms. The maximum absolute atomic E-state index is 14.6. The summed E-state index contributed by atoms with van der Waals surface area (Å²) >= 11 is 2.57. The molecule has 0 unspecified atom stereocenters. The predicted octanol–water partition coefficient (Wildman–Crippen LogP) is 7.94. The Morgan fingerprint density at radius 3 is 1.84 bits per heavy atom. The monoisotopic (exact) mass is 561 g/mol. The van der Waals surface area contributed by atoms with E-state index in [9.17, 15) is 17.6 Å². The highest BCUT2D eigenvalue weighted by molar-refractivity contribution is 14.1. The zero-order valence-corrected chi connectivity index (χ0v) is 20.0. The molecule has 0 heterocycles. The summed E-state index contributed by atoms with van der Waals surface area (Å²) in [5.41, 5.74) is 5.15. The van der Waals surface area contributed by atoms with Gasteiger partial charge in [0, 0.05) is 16.1 Å². The quantitative estimate of drug-likeness (QED) is 0.174. The van der Waals surface area contributed by atoms with Crippen molar-refractivity contribution < 1.29 is 22.3 Å². The van der Waals surface area contributed by atoms with Crippen LogP contribution in [0, 0.1) is 23.5 Å². The Hall–Kier alpha value is -1.51. The summed E-state index contributed by atoms with van der Waals surface area (Å²) in [7, 11) is 0. The van der Waals surface area contributed by atoms with Crippen LogP contribution in [0.5, 0.6) is 5.75 Å². The van der Waals surface area contributed by atoms with E-state index in [2.05, 4.69) is 27.3 Å². The van der Waals surface area contributed by atoms with E-state index in [4.69, 9.17) is 5.73 Å². The second-order valence-corrected chi connectivity index (χ2v) is 10.9. The van der Waals surface area contributed by atoms with Crippen LogP contribution in [-0.4, -0.2) is 3.92 Å². The highest BCUT2D eigenvalue weighted by Crippen LogP contribution is 2.44. The Kier molecular flexibility index (Phi) is 7.22. The van der Waals surface area contributed by atoms with E-state index in [0.717, 1.165) is 34.2 Å². The summed E-state index contributed by atoms with van der Waals surface area (Å²) in [5.74, 6) is -0.849. The number of benzene rings is 2. The van der Waals surface area contributed by atoms with Gasteiger partial charge in [0.25, 0.3) is 0 Å². The molecule has 2 nitrogen and oxygen atoms in total. The molecule has 0 saturated heterocycles. The molecule has 2 aliphatic carbocycles. The smallest absolute Gasteiger partial charge is 0.426 e. The summed E-state index contributed by atoms with van der Waals surface area (Å²) < 4.78 is 61.7. The van der Waals surface area contributed by atoms with Gasteiger partial charge in [-0.25, -0.2) is 8.78 Å². The van der Waals surface area contributed by atoms with Crippen LogP contribution >= 0.6 is 22.6 Å². The number of alkyl halides is 3. The Balaban J connectivity index is 1.36. The molecular weight excluding hydrogens is 533 g/mol. The number of rotatable bonds is 5. The lowest BCUT2D eigenvalue weighted by atomic mass is 9.70. The predicted molar refractivity (Wildman–Crippen MR) is 126 cm³/mol. The highest BCUT2D eigenvalue weighted by atomic mass is 127. The molecule has 0 bridgehead atoms. The van der Waals surface area contributed by atoms with Gasteiger partial charge >= 0.3 is 6.11 Å². The van der Waals surface area contributed by atoms with Gasteiger partial charge in [0.2, 0.25) is 0 Å². The molecule has 4 rings (SSSR count). The van der Waals surface area contributed by atoms with Gasteiger partial charge in [0.05, 0.1) is 5.56 Å². The number of anilines is 1. The number of ether oxygens (including phenoxy) is 1. The van der Waals surface area contributed by atoms with Crippen LogP contribution < -0.4 is 10.5 Å². The van der Waals surface area contributed by atoms with Crippen molar-refractivity contribution in [3.8, 4) is 5.75 Å². The summed E-state index contributed by atoms with van der Waals surface area (Å²) in [6.07, 6.45) is 6.21. The normalized spacial score (nSPS) is 26.7. The molecule has 0 amide bonds. The van der Waals surface area contributed by atoms with E-state index in [-0.39, 0.29) is 5.56 Å². The minimum Gasteiger partial charge on any atom is -0.429 e. The van der Waals surface area contributed by atoms with Crippen molar-refractivity contribution in [1.29, 1.82) is 0 Å².